The van der Waals surface area contributed by atoms with Crippen LogP contribution in [0.25, 0.3) is 0 Å². The molecule has 1 atom stereocenters. The number of pyridine rings is 1. The summed E-state index contributed by atoms with van der Waals surface area (Å²) in [6.45, 7) is 1.94. The van der Waals surface area contributed by atoms with Gasteiger partial charge in [-0.1, -0.05) is 0 Å². The number of carbonyl (C=O) groups excluding carboxylic acids is 1. The standard InChI is InChI=1S/C15H16N4OS/c1-19-7-4-10-11(8-19)21-15-12(10)14(20)17-13(18-15)9-2-5-16-6-3-9/h2-3,5-6,13,18H,4,7-8H2,1H3,(H,17,20). The highest BCUT2D eigenvalue weighted by atomic mass is 32.1. The molecule has 2 aromatic heterocycles. The molecule has 6 heteroatoms. The normalized spacial score (nSPS) is 21.2. The van der Waals surface area contributed by atoms with Gasteiger partial charge in [0.1, 0.15) is 11.2 Å². The Hall–Kier alpha value is -1.92. The van der Waals surface area contributed by atoms with Gasteiger partial charge in [0.2, 0.25) is 0 Å². The summed E-state index contributed by atoms with van der Waals surface area (Å²) in [6.07, 6.45) is 4.26. The van der Waals surface area contributed by atoms with E-state index in [-0.39, 0.29) is 12.1 Å². The fourth-order valence-corrected chi connectivity index (χ4v) is 4.32. The predicted molar refractivity (Wildman–Crippen MR) is 82.4 cm³/mol. The van der Waals surface area contributed by atoms with E-state index in [2.05, 4.69) is 27.6 Å². The molecule has 21 heavy (non-hydrogen) atoms. The first-order valence-electron chi connectivity index (χ1n) is 7.03. The van der Waals surface area contributed by atoms with Gasteiger partial charge in [0, 0.05) is 30.4 Å². The molecule has 0 fully saturated rings. The molecule has 5 nitrogen and oxygen atoms in total. The minimum atomic E-state index is -0.175. The number of fused-ring (bicyclic) bond motifs is 3. The van der Waals surface area contributed by atoms with Crippen molar-refractivity contribution in [1.82, 2.24) is 15.2 Å². The van der Waals surface area contributed by atoms with E-state index in [0.29, 0.717) is 0 Å². The number of nitrogens with zero attached hydrogens (tertiary/aromatic N) is 2. The molecule has 0 aromatic carbocycles. The molecule has 2 N–H and O–H groups in total. The lowest BCUT2D eigenvalue weighted by atomic mass is 10.0. The molecule has 0 bridgehead atoms. The van der Waals surface area contributed by atoms with Gasteiger partial charge in [-0.2, -0.15) is 0 Å². The third kappa shape index (κ3) is 2.11. The van der Waals surface area contributed by atoms with Crippen LogP contribution in [0.1, 0.15) is 32.5 Å². The van der Waals surface area contributed by atoms with Gasteiger partial charge < -0.3 is 15.5 Å². The first-order chi connectivity index (χ1) is 10.2. The van der Waals surface area contributed by atoms with Gasteiger partial charge in [-0.3, -0.25) is 9.78 Å². The van der Waals surface area contributed by atoms with E-state index < -0.39 is 0 Å². The van der Waals surface area contributed by atoms with Crippen molar-refractivity contribution in [3.8, 4) is 0 Å². The highest BCUT2D eigenvalue weighted by molar-refractivity contribution is 7.16. The van der Waals surface area contributed by atoms with E-state index in [4.69, 9.17) is 0 Å². The minimum absolute atomic E-state index is 0.0348. The van der Waals surface area contributed by atoms with Crippen LogP contribution in [0.3, 0.4) is 0 Å². The van der Waals surface area contributed by atoms with Crippen LogP contribution < -0.4 is 10.6 Å². The number of hydrogen-bond donors (Lipinski definition) is 2. The SMILES string of the molecule is CN1CCc2c(sc3c2C(=O)NC(c2ccncc2)N3)C1. The Kier molecular flexibility index (Phi) is 2.94. The number of nitrogens with one attached hydrogen (secondary N) is 2. The van der Waals surface area contributed by atoms with Crippen molar-refractivity contribution in [2.75, 3.05) is 18.9 Å². The molecular weight excluding hydrogens is 284 g/mol. The van der Waals surface area contributed by atoms with Crippen LogP contribution in [-0.4, -0.2) is 29.4 Å². The quantitative estimate of drug-likeness (QED) is 0.845. The monoisotopic (exact) mass is 300 g/mol. The highest BCUT2D eigenvalue weighted by Gasteiger charge is 2.32. The van der Waals surface area contributed by atoms with Crippen molar-refractivity contribution in [3.63, 3.8) is 0 Å². The summed E-state index contributed by atoms with van der Waals surface area (Å²) in [7, 11) is 2.12. The second-order valence-corrected chi connectivity index (χ2v) is 6.63. The summed E-state index contributed by atoms with van der Waals surface area (Å²) in [5, 5.41) is 7.51. The van der Waals surface area contributed by atoms with Crippen LogP contribution >= 0.6 is 11.3 Å². The van der Waals surface area contributed by atoms with Gasteiger partial charge in [-0.15, -0.1) is 11.3 Å². The van der Waals surface area contributed by atoms with E-state index >= 15 is 0 Å². The van der Waals surface area contributed by atoms with E-state index in [0.717, 1.165) is 35.6 Å². The second kappa shape index (κ2) is 4.82. The molecule has 0 aliphatic carbocycles. The van der Waals surface area contributed by atoms with Crippen LogP contribution in [0.2, 0.25) is 0 Å². The summed E-state index contributed by atoms with van der Waals surface area (Å²) < 4.78 is 0. The Balaban J connectivity index is 1.71. The molecule has 0 radical (unpaired) electrons. The topological polar surface area (TPSA) is 57.3 Å². The number of thiophene rings is 1. The molecular formula is C15H16N4OS. The lowest BCUT2D eigenvalue weighted by Gasteiger charge is -2.27. The zero-order chi connectivity index (χ0) is 14.4. The molecule has 1 unspecified atom stereocenters. The number of rotatable bonds is 1. The maximum Gasteiger partial charge on any atom is 0.256 e. The fourth-order valence-electron chi connectivity index (χ4n) is 2.97. The van der Waals surface area contributed by atoms with Gasteiger partial charge >= 0.3 is 0 Å². The number of hydrogen-bond acceptors (Lipinski definition) is 5. The Bertz CT molecular complexity index is 697. The van der Waals surface area contributed by atoms with E-state index in [1.54, 1.807) is 23.7 Å². The van der Waals surface area contributed by atoms with Crippen molar-refractivity contribution in [3.05, 3.63) is 46.1 Å². The molecule has 0 saturated carbocycles. The van der Waals surface area contributed by atoms with E-state index in [1.165, 1.54) is 10.4 Å². The lowest BCUT2D eigenvalue weighted by molar-refractivity contribution is 0.0935. The Morgan fingerprint density at radius 2 is 2.14 bits per heavy atom. The van der Waals surface area contributed by atoms with Gasteiger partial charge in [0.15, 0.2) is 0 Å². The lowest BCUT2D eigenvalue weighted by Crippen LogP contribution is -2.38. The van der Waals surface area contributed by atoms with Crippen LogP contribution in [-0.2, 0) is 13.0 Å². The molecule has 2 aromatic rings. The molecule has 4 rings (SSSR count). The Labute approximate surface area is 127 Å². The first kappa shape index (κ1) is 12.8. The highest BCUT2D eigenvalue weighted by Crippen LogP contribution is 2.40. The third-order valence-corrected chi connectivity index (χ3v) is 5.21. The van der Waals surface area contributed by atoms with Crippen LogP contribution in [0.4, 0.5) is 5.00 Å². The average molecular weight is 300 g/mol. The molecule has 2 aliphatic heterocycles. The second-order valence-electron chi connectivity index (χ2n) is 5.53. The molecule has 0 saturated heterocycles. The van der Waals surface area contributed by atoms with Crippen LogP contribution in [0, 0.1) is 0 Å². The van der Waals surface area contributed by atoms with E-state index in [1.807, 2.05) is 12.1 Å². The van der Waals surface area contributed by atoms with Crippen molar-refractivity contribution >= 4 is 22.2 Å². The fraction of sp³-hybridized carbons (Fsp3) is 0.333. The predicted octanol–water partition coefficient (Wildman–Crippen LogP) is 1.99. The van der Waals surface area contributed by atoms with Crippen molar-refractivity contribution in [1.29, 1.82) is 0 Å². The zero-order valence-electron chi connectivity index (χ0n) is 11.7. The number of likely N-dealkylation sites (N-methyl/N-ethyl adjacent to an activating group) is 1. The summed E-state index contributed by atoms with van der Waals surface area (Å²) in [5.74, 6) is 0.0348. The van der Waals surface area contributed by atoms with Crippen LogP contribution in [0.5, 0.6) is 0 Å². The van der Waals surface area contributed by atoms with E-state index in [9.17, 15) is 4.79 Å². The maximum absolute atomic E-state index is 12.5. The van der Waals surface area contributed by atoms with Gasteiger partial charge in [-0.05, 0) is 36.7 Å². The van der Waals surface area contributed by atoms with Crippen molar-refractivity contribution < 1.29 is 4.79 Å². The number of anilines is 1. The van der Waals surface area contributed by atoms with Crippen molar-refractivity contribution in [2.24, 2.45) is 0 Å². The molecule has 108 valence electrons. The summed E-state index contributed by atoms with van der Waals surface area (Å²) in [4.78, 5) is 20.1. The van der Waals surface area contributed by atoms with Gasteiger partial charge in [0.05, 0.1) is 5.56 Å². The first-order valence-corrected chi connectivity index (χ1v) is 7.84. The number of aromatic nitrogens is 1. The largest absolute Gasteiger partial charge is 0.353 e. The third-order valence-electron chi connectivity index (χ3n) is 4.07. The number of carbonyl (C=O) groups is 1. The van der Waals surface area contributed by atoms with Gasteiger partial charge in [0.25, 0.3) is 5.91 Å². The molecule has 4 heterocycles. The van der Waals surface area contributed by atoms with Crippen LogP contribution in [0.15, 0.2) is 24.5 Å². The average Bonchev–Trinajstić information content (AvgIpc) is 2.85. The molecule has 2 aliphatic rings. The smallest absolute Gasteiger partial charge is 0.256 e. The maximum atomic E-state index is 12.5. The Morgan fingerprint density at radius 3 is 2.95 bits per heavy atom. The minimum Gasteiger partial charge on any atom is -0.353 e. The Morgan fingerprint density at radius 1 is 1.33 bits per heavy atom. The summed E-state index contributed by atoms with van der Waals surface area (Å²) in [5.41, 5.74) is 3.10. The molecule has 0 spiro atoms. The summed E-state index contributed by atoms with van der Waals surface area (Å²) >= 11 is 1.71. The molecule has 1 amide bonds. The summed E-state index contributed by atoms with van der Waals surface area (Å²) in [6, 6.07) is 3.84. The zero-order valence-corrected chi connectivity index (χ0v) is 12.5. The number of amides is 1. The van der Waals surface area contributed by atoms with Crippen molar-refractivity contribution in [2.45, 2.75) is 19.1 Å². The van der Waals surface area contributed by atoms with Gasteiger partial charge in [-0.25, -0.2) is 0 Å².